The smallest absolute Gasteiger partial charge is 0.340 e. The van der Waals surface area contributed by atoms with Crippen LogP contribution in [0.2, 0.25) is 0 Å². The molecule has 3 aromatic rings. The lowest BCUT2D eigenvalue weighted by Crippen LogP contribution is -2.31. The Bertz CT molecular complexity index is 1070. The molecule has 0 aliphatic heterocycles. The molecular weight excluding hydrogens is 416 g/mol. The van der Waals surface area contributed by atoms with Crippen molar-refractivity contribution < 1.29 is 23.9 Å². The molecule has 0 fully saturated rings. The average molecular weight is 439 g/mol. The summed E-state index contributed by atoms with van der Waals surface area (Å²) in [6.07, 6.45) is 0. The molecule has 1 N–H and O–H groups in total. The van der Waals surface area contributed by atoms with Gasteiger partial charge in [0.1, 0.15) is 5.75 Å². The molecule has 0 saturated carbocycles. The van der Waals surface area contributed by atoms with Crippen LogP contribution in [-0.2, 0) is 16.1 Å². The number of benzene rings is 2. The fraction of sp³-hybridized carbons (Fsp3) is 0.174. The number of nitrogens with one attached hydrogen (secondary N) is 1. The van der Waals surface area contributed by atoms with Crippen molar-refractivity contribution in [3.05, 3.63) is 82.0 Å². The van der Waals surface area contributed by atoms with Crippen LogP contribution in [0.1, 0.15) is 25.6 Å². The number of para-hydroxylation sites is 2. The summed E-state index contributed by atoms with van der Waals surface area (Å²) < 4.78 is 10.5. The Labute approximate surface area is 184 Å². The highest BCUT2D eigenvalue weighted by Gasteiger charge is 2.18. The van der Waals surface area contributed by atoms with Crippen molar-refractivity contribution in [1.82, 2.24) is 4.90 Å². The van der Waals surface area contributed by atoms with E-state index in [-0.39, 0.29) is 17.4 Å². The maximum atomic E-state index is 12.6. The quantitative estimate of drug-likeness (QED) is 0.541. The molecule has 3 rings (SSSR count). The van der Waals surface area contributed by atoms with E-state index in [9.17, 15) is 14.4 Å². The van der Waals surface area contributed by atoms with Gasteiger partial charge in [-0.25, -0.2) is 4.79 Å². The van der Waals surface area contributed by atoms with Crippen molar-refractivity contribution in [2.45, 2.75) is 6.54 Å². The summed E-state index contributed by atoms with van der Waals surface area (Å²) in [5.41, 5.74) is 1.34. The Morgan fingerprint density at radius 2 is 1.74 bits per heavy atom. The largest absolute Gasteiger partial charge is 0.496 e. The lowest BCUT2D eigenvalue weighted by molar-refractivity contribution is -0.133. The van der Waals surface area contributed by atoms with Crippen LogP contribution in [0.25, 0.3) is 0 Å². The van der Waals surface area contributed by atoms with Gasteiger partial charge in [-0.15, -0.1) is 11.3 Å². The summed E-state index contributed by atoms with van der Waals surface area (Å²) in [5.74, 6) is -0.696. The van der Waals surface area contributed by atoms with Gasteiger partial charge in [-0.2, -0.15) is 0 Å². The van der Waals surface area contributed by atoms with E-state index >= 15 is 0 Å². The number of anilines is 1. The predicted molar refractivity (Wildman–Crippen MR) is 118 cm³/mol. The molecule has 7 nitrogen and oxygen atoms in total. The molecule has 0 atom stereocenters. The molecule has 0 bridgehead atoms. The third-order valence-electron chi connectivity index (χ3n) is 4.49. The molecular formula is C23H22N2O5S. The second kappa shape index (κ2) is 10.4. The molecule has 2 aromatic carbocycles. The minimum absolute atomic E-state index is 0.174. The van der Waals surface area contributed by atoms with E-state index in [4.69, 9.17) is 9.47 Å². The van der Waals surface area contributed by atoms with E-state index in [1.54, 1.807) is 49.9 Å². The zero-order valence-electron chi connectivity index (χ0n) is 17.2. The van der Waals surface area contributed by atoms with Crippen LogP contribution >= 0.6 is 11.3 Å². The van der Waals surface area contributed by atoms with Crippen LogP contribution < -0.4 is 10.1 Å². The van der Waals surface area contributed by atoms with E-state index in [2.05, 4.69) is 5.32 Å². The van der Waals surface area contributed by atoms with E-state index in [1.807, 2.05) is 24.3 Å². The molecule has 8 heteroatoms. The van der Waals surface area contributed by atoms with Crippen molar-refractivity contribution in [2.75, 3.05) is 26.1 Å². The molecule has 160 valence electrons. The standard InChI is InChI=1S/C23H22N2O5S/c1-25(14-16-8-3-6-11-19(16)29-2)21(26)15-30-23(28)17-9-4-5-10-18(17)24-22(27)20-12-7-13-31-20/h3-13H,14-15H2,1-2H3,(H,24,27). The van der Waals surface area contributed by atoms with Gasteiger partial charge in [-0.05, 0) is 29.6 Å². The molecule has 1 aromatic heterocycles. The predicted octanol–water partition coefficient (Wildman–Crippen LogP) is 3.82. The number of carbonyl (C=O) groups excluding carboxylic acids is 3. The minimum atomic E-state index is -0.693. The minimum Gasteiger partial charge on any atom is -0.496 e. The molecule has 2 amide bonds. The number of esters is 1. The summed E-state index contributed by atoms with van der Waals surface area (Å²) in [4.78, 5) is 39.3. The van der Waals surface area contributed by atoms with Crippen molar-refractivity contribution in [3.63, 3.8) is 0 Å². The van der Waals surface area contributed by atoms with Gasteiger partial charge in [0.15, 0.2) is 6.61 Å². The highest BCUT2D eigenvalue weighted by Crippen LogP contribution is 2.20. The van der Waals surface area contributed by atoms with Crippen LogP contribution in [0.15, 0.2) is 66.0 Å². The Balaban J connectivity index is 1.60. The number of thiophene rings is 1. The van der Waals surface area contributed by atoms with Gasteiger partial charge in [0, 0.05) is 19.2 Å². The highest BCUT2D eigenvalue weighted by atomic mass is 32.1. The topological polar surface area (TPSA) is 84.9 Å². The number of likely N-dealkylation sites (N-methyl/N-ethyl adjacent to an activating group) is 1. The van der Waals surface area contributed by atoms with Gasteiger partial charge < -0.3 is 19.7 Å². The van der Waals surface area contributed by atoms with Gasteiger partial charge in [-0.3, -0.25) is 9.59 Å². The summed E-state index contributed by atoms with van der Waals surface area (Å²) in [5, 5.41) is 4.50. The van der Waals surface area contributed by atoms with Crippen molar-refractivity contribution in [2.24, 2.45) is 0 Å². The number of carbonyl (C=O) groups is 3. The van der Waals surface area contributed by atoms with Crippen LogP contribution in [-0.4, -0.2) is 43.4 Å². The molecule has 0 unspecified atom stereocenters. The summed E-state index contributed by atoms with van der Waals surface area (Å²) in [6, 6.07) is 17.4. The molecule has 0 radical (unpaired) electrons. The van der Waals surface area contributed by atoms with Gasteiger partial charge in [-0.1, -0.05) is 36.4 Å². The normalized spacial score (nSPS) is 10.3. The summed E-state index contributed by atoms with van der Waals surface area (Å²) >= 11 is 1.30. The van der Waals surface area contributed by atoms with Crippen LogP contribution in [0.3, 0.4) is 0 Å². The molecule has 0 saturated heterocycles. The third-order valence-corrected chi connectivity index (χ3v) is 5.36. The number of hydrogen-bond donors (Lipinski definition) is 1. The van der Waals surface area contributed by atoms with Crippen molar-refractivity contribution >= 4 is 34.8 Å². The zero-order chi connectivity index (χ0) is 22.2. The number of amides is 2. The third kappa shape index (κ3) is 5.70. The van der Waals surface area contributed by atoms with Gasteiger partial charge in [0.2, 0.25) is 0 Å². The number of hydrogen-bond acceptors (Lipinski definition) is 6. The molecule has 1 heterocycles. The first-order valence-corrected chi connectivity index (χ1v) is 10.3. The fourth-order valence-corrected chi connectivity index (χ4v) is 3.47. The van der Waals surface area contributed by atoms with E-state index in [0.29, 0.717) is 22.9 Å². The Kier molecular flexibility index (Phi) is 7.40. The molecule has 0 spiro atoms. The Hall–Kier alpha value is -3.65. The van der Waals surface area contributed by atoms with Crippen molar-refractivity contribution in [1.29, 1.82) is 0 Å². The summed E-state index contributed by atoms with van der Waals surface area (Å²) in [7, 11) is 3.19. The first-order chi connectivity index (χ1) is 15.0. The molecule has 0 aliphatic rings. The van der Waals surface area contributed by atoms with Crippen LogP contribution in [0.4, 0.5) is 5.69 Å². The number of rotatable bonds is 8. The maximum Gasteiger partial charge on any atom is 0.340 e. The number of ether oxygens (including phenoxy) is 2. The van der Waals surface area contributed by atoms with E-state index < -0.39 is 12.6 Å². The monoisotopic (exact) mass is 438 g/mol. The van der Waals surface area contributed by atoms with E-state index in [0.717, 1.165) is 5.56 Å². The summed E-state index contributed by atoms with van der Waals surface area (Å²) in [6.45, 7) is -0.106. The van der Waals surface area contributed by atoms with Gasteiger partial charge >= 0.3 is 5.97 Å². The Morgan fingerprint density at radius 1 is 1.00 bits per heavy atom. The highest BCUT2D eigenvalue weighted by molar-refractivity contribution is 7.12. The molecule has 31 heavy (non-hydrogen) atoms. The second-order valence-corrected chi connectivity index (χ2v) is 7.56. The lowest BCUT2D eigenvalue weighted by atomic mass is 10.1. The maximum absolute atomic E-state index is 12.6. The second-order valence-electron chi connectivity index (χ2n) is 6.61. The van der Waals surface area contributed by atoms with E-state index in [1.165, 1.54) is 22.3 Å². The Morgan fingerprint density at radius 3 is 2.48 bits per heavy atom. The number of nitrogens with zero attached hydrogens (tertiary/aromatic N) is 1. The SMILES string of the molecule is COc1ccccc1CN(C)C(=O)COC(=O)c1ccccc1NC(=O)c1cccs1. The fourth-order valence-electron chi connectivity index (χ4n) is 2.85. The lowest BCUT2D eigenvalue weighted by Gasteiger charge is -2.19. The average Bonchev–Trinajstić information content (AvgIpc) is 3.33. The van der Waals surface area contributed by atoms with Crippen molar-refractivity contribution in [3.8, 4) is 5.75 Å². The van der Waals surface area contributed by atoms with Crippen LogP contribution in [0, 0.1) is 0 Å². The molecule has 0 aliphatic carbocycles. The zero-order valence-corrected chi connectivity index (χ0v) is 18.0. The first-order valence-electron chi connectivity index (χ1n) is 9.46. The van der Waals surface area contributed by atoms with Gasteiger partial charge in [0.25, 0.3) is 11.8 Å². The van der Waals surface area contributed by atoms with Gasteiger partial charge in [0.05, 0.1) is 23.2 Å². The number of methoxy groups -OCH3 is 1. The first kappa shape index (κ1) is 22.0. The van der Waals surface area contributed by atoms with Crippen LogP contribution in [0.5, 0.6) is 5.75 Å².